The summed E-state index contributed by atoms with van der Waals surface area (Å²) in [6.07, 6.45) is 2.61. The molecule has 0 N–H and O–H groups in total. The standard InChI is InChI=1S/C11H12ClF2N5O/c1-17(6-9-7(12)5-16-18(9)2)10(20)8-3-4-15-19(8)11(13)14/h3-5,11H,6H2,1-2H3. The van der Waals surface area contributed by atoms with Gasteiger partial charge in [0.2, 0.25) is 0 Å². The lowest BCUT2D eigenvalue weighted by atomic mass is 10.3. The number of aryl methyl sites for hydroxylation is 1. The molecule has 1 amide bonds. The number of carbonyl (C=O) groups is 1. The smallest absolute Gasteiger partial charge is 0.333 e. The molecule has 2 heterocycles. The van der Waals surface area contributed by atoms with Crippen LogP contribution in [0.3, 0.4) is 0 Å². The molecule has 0 aliphatic rings. The second-order valence-electron chi connectivity index (χ2n) is 4.16. The molecule has 6 nitrogen and oxygen atoms in total. The number of rotatable bonds is 4. The first-order valence-electron chi connectivity index (χ1n) is 5.65. The van der Waals surface area contributed by atoms with Crippen LogP contribution in [0.25, 0.3) is 0 Å². The first-order chi connectivity index (χ1) is 9.41. The van der Waals surface area contributed by atoms with Crippen molar-refractivity contribution in [3.8, 4) is 0 Å². The predicted octanol–water partition coefficient (Wildman–Crippen LogP) is 1.94. The van der Waals surface area contributed by atoms with Gasteiger partial charge in [-0.25, -0.2) is 0 Å². The lowest BCUT2D eigenvalue weighted by Crippen LogP contribution is -2.29. The maximum atomic E-state index is 12.7. The molecule has 108 valence electrons. The minimum absolute atomic E-state index is 0.155. The average molecular weight is 304 g/mol. The summed E-state index contributed by atoms with van der Waals surface area (Å²) >= 11 is 5.94. The number of alkyl halides is 2. The Morgan fingerprint density at radius 3 is 2.75 bits per heavy atom. The van der Waals surface area contributed by atoms with E-state index in [-0.39, 0.29) is 12.2 Å². The van der Waals surface area contributed by atoms with E-state index in [4.69, 9.17) is 11.6 Å². The highest BCUT2D eigenvalue weighted by molar-refractivity contribution is 6.31. The zero-order chi connectivity index (χ0) is 14.9. The SMILES string of the molecule is CN(Cc1c(Cl)cnn1C)C(=O)c1ccnn1C(F)F. The van der Waals surface area contributed by atoms with Gasteiger partial charge < -0.3 is 4.90 Å². The van der Waals surface area contributed by atoms with E-state index in [0.717, 1.165) is 6.20 Å². The van der Waals surface area contributed by atoms with Crippen molar-refractivity contribution in [2.75, 3.05) is 7.05 Å². The van der Waals surface area contributed by atoms with Gasteiger partial charge in [0, 0.05) is 20.3 Å². The van der Waals surface area contributed by atoms with Crippen LogP contribution < -0.4 is 0 Å². The van der Waals surface area contributed by atoms with Gasteiger partial charge in [-0.15, -0.1) is 0 Å². The maximum Gasteiger partial charge on any atom is 0.333 e. The van der Waals surface area contributed by atoms with E-state index in [1.54, 1.807) is 7.05 Å². The van der Waals surface area contributed by atoms with Crippen molar-refractivity contribution in [1.29, 1.82) is 0 Å². The molecule has 0 aromatic carbocycles. The van der Waals surface area contributed by atoms with Gasteiger partial charge in [-0.1, -0.05) is 11.6 Å². The molecule has 0 spiro atoms. The summed E-state index contributed by atoms with van der Waals surface area (Å²) in [5, 5.41) is 7.78. The molecule has 0 radical (unpaired) electrons. The third-order valence-corrected chi connectivity index (χ3v) is 3.13. The van der Waals surface area contributed by atoms with Gasteiger partial charge in [0.1, 0.15) is 5.69 Å². The summed E-state index contributed by atoms with van der Waals surface area (Å²) in [4.78, 5) is 13.4. The summed E-state index contributed by atoms with van der Waals surface area (Å²) in [5.41, 5.74) is 0.436. The lowest BCUT2D eigenvalue weighted by Gasteiger charge is -2.18. The number of hydrogen-bond acceptors (Lipinski definition) is 3. The average Bonchev–Trinajstić information content (AvgIpc) is 2.99. The van der Waals surface area contributed by atoms with Crippen LogP contribution in [0.2, 0.25) is 5.02 Å². The molecule has 0 aliphatic heterocycles. The Labute approximate surface area is 118 Å². The van der Waals surface area contributed by atoms with Gasteiger partial charge in [0.15, 0.2) is 0 Å². The van der Waals surface area contributed by atoms with Crippen LogP contribution in [0.1, 0.15) is 22.7 Å². The molecule has 0 atom stereocenters. The third kappa shape index (κ3) is 2.64. The van der Waals surface area contributed by atoms with Crippen molar-refractivity contribution >= 4 is 17.5 Å². The van der Waals surface area contributed by atoms with E-state index in [1.807, 2.05) is 0 Å². The molecule has 0 saturated heterocycles. The fourth-order valence-corrected chi connectivity index (χ4v) is 1.97. The monoisotopic (exact) mass is 303 g/mol. The van der Waals surface area contributed by atoms with Gasteiger partial charge in [0.05, 0.1) is 23.5 Å². The van der Waals surface area contributed by atoms with Gasteiger partial charge in [-0.2, -0.15) is 23.7 Å². The number of halogens is 3. The topological polar surface area (TPSA) is 56.0 Å². The van der Waals surface area contributed by atoms with Gasteiger partial charge in [0.25, 0.3) is 5.91 Å². The van der Waals surface area contributed by atoms with E-state index in [1.165, 1.54) is 28.9 Å². The van der Waals surface area contributed by atoms with Crippen molar-refractivity contribution in [3.05, 3.63) is 34.9 Å². The second-order valence-corrected chi connectivity index (χ2v) is 4.57. The fraction of sp³-hybridized carbons (Fsp3) is 0.364. The Morgan fingerprint density at radius 2 is 2.20 bits per heavy atom. The van der Waals surface area contributed by atoms with Crippen molar-refractivity contribution < 1.29 is 13.6 Å². The minimum atomic E-state index is -2.86. The van der Waals surface area contributed by atoms with Crippen molar-refractivity contribution in [1.82, 2.24) is 24.5 Å². The molecule has 0 bridgehead atoms. The highest BCUT2D eigenvalue weighted by atomic mass is 35.5. The van der Waals surface area contributed by atoms with Crippen molar-refractivity contribution in [3.63, 3.8) is 0 Å². The molecule has 0 saturated carbocycles. The van der Waals surface area contributed by atoms with Crippen LogP contribution in [0.15, 0.2) is 18.5 Å². The zero-order valence-corrected chi connectivity index (χ0v) is 11.6. The Hall–Kier alpha value is -1.96. The van der Waals surface area contributed by atoms with Gasteiger partial charge >= 0.3 is 6.55 Å². The summed E-state index contributed by atoms with van der Waals surface area (Å²) in [6, 6.07) is 1.25. The van der Waals surface area contributed by atoms with E-state index < -0.39 is 12.5 Å². The Kier molecular flexibility index (Phi) is 4.03. The number of aromatic nitrogens is 4. The highest BCUT2D eigenvalue weighted by Gasteiger charge is 2.22. The van der Waals surface area contributed by atoms with E-state index >= 15 is 0 Å². The molecular formula is C11H12ClF2N5O. The predicted molar refractivity (Wildman–Crippen MR) is 67.5 cm³/mol. The van der Waals surface area contributed by atoms with Crippen molar-refractivity contribution in [2.45, 2.75) is 13.1 Å². The largest absolute Gasteiger partial charge is 0.334 e. The quantitative estimate of drug-likeness (QED) is 0.867. The summed E-state index contributed by atoms with van der Waals surface area (Å²) in [7, 11) is 3.18. The van der Waals surface area contributed by atoms with Crippen LogP contribution >= 0.6 is 11.6 Å². The number of amides is 1. The molecule has 0 fully saturated rings. The Balaban J connectivity index is 2.19. The van der Waals surface area contributed by atoms with Gasteiger partial charge in [-0.3, -0.25) is 9.48 Å². The Bertz CT molecular complexity index is 605. The molecule has 0 unspecified atom stereocenters. The molecular weight excluding hydrogens is 292 g/mol. The molecule has 2 aromatic heterocycles. The molecule has 2 aromatic rings. The molecule has 0 aliphatic carbocycles. The van der Waals surface area contributed by atoms with Crippen molar-refractivity contribution in [2.24, 2.45) is 7.05 Å². The summed E-state index contributed by atoms with van der Waals surface area (Å²) in [6.45, 7) is -2.71. The van der Waals surface area contributed by atoms with Crippen LogP contribution in [-0.2, 0) is 13.6 Å². The van der Waals surface area contributed by atoms with Gasteiger partial charge in [-0.05, 0) is 6.07 Å². The molecule has 20 heavy (non-hydrogen) atoms. The molecule has 9 heteroatoms. The molecule has 2 rings (SSSR count). The first kappa shape index (κ1) is 14.4. The van der Waals surface area contributed by atoms with E-state index in [2.05, 4.69) is 10.2 Å². The highest BCUT2D eigenvalue weighted by Crippen LogP contribution is 2.18. The first-order valence-corrected chi connectivity index (χ1v) is 6.03. The normalized spacial score (nSPS) is 11.1. The lowest BCUT2D eigenvalue weighted by molar-refractivity contribution is 0.0472. The summed E-state index contributed by atoms with van der Waals surface area (Å²) < 4.78 is 27.3. The number of carbonyl (C=O) groups excluding carboxylic acids is 1. The van der Waals surface area contributed by atoms with Crippen LogP contribution in [0.4, 0.5) is 8.78 Å². The Morgan fingerprint density at radius 1 is 1.50 bits per heavy atom. The minimum Gasteiger partial charge on any atom is -0.334 e. The number of hydrogen-bond donors (Lipinski definition) is 0. The van der Waals surface area contributed by atoms with E-state index in [0.29, 0.717) is 15.4 Å². The second kappa shape index (κ2) is 5.58. The zero-order valence-electron chi connectivity index (χ0n) is 10.8. The van der Waals surface area contributed by atoms with Crippen LogP contribution in [0.5, 0.6) is 0 Å². The number of nitrogens with zero attached hydrogens (tertiary/aromatic N) is 5. The third-order valence-electron chi connectivity index (χ3n) is 2.82. The maximum absolute atomic E-state index is 12.7. The fourth-order valence-electron chi connectivity index (χ4n) is 1.75. The van der Waals surface area contributed by atoms with Crippen LogP contribution in [-0.4, -0.2) is 37.4 Å². The summed E-state index contributed by atoms with van der Waals surface area (Å²) in [5.74, 6) is -0.569. The van der Waals surface area contributed by atoms with Crippen LogP contribution in [0, 0.1) is 0 Å². The van der Waals surface area contributed by atoms with E-state index in [9.17, 15) is 13.6 Å².